The summed E-state index contributed by atoms with van der Waals surface area (Å²) in [5, 5.41) is 54.3. The van der Waals surface area contributed by atoms with Gasteiger partial charge in [0.05, 0.1) is 25.4 Å². The van der Waals surface area contributed by atoms with Crippen molar-refractivity contribution in [2.45, 2.75) is 288 Å². The SMILES string of the molecule is CC/C=C\C/C=C\C/C=C\C/C=C\C/C=C\C/C=C\C/C=C\CCCCCCCCCCCCCCCCCCCCCC(=O)NC(COC1OC(CO)C(O)C(O)C1O)C(O)/C=C/CC/C=C/CCCCCCC. The Balaban J connectivity index is 2.05. The lowest BCUT2D eigenvalue weighted by Crippen LogP contribution is -2.60. The van der Waals surface area contributed by atoms with Gasteiger partial charge in [0.2, 0.25) is 5.91 Å². The maximum absolute atomic E-state index is 13.0. The smallest absolute Gasteiger partial charge is 0.220 e. The lowest BCUT2D eigenvalue weighted by atomic mass is 9.99. The quantitative estimate of drug-likeness (QED) is 0.0261. The summed E-state index contributed by atoms with van der Waals surface area (Å²) in [6.45, 7) is 3.61. The Morgan fingerprint density at radius 3 is 1.28 bits per heavy atom. The minimum Gasteiger partial charge on any atom is -0.394 e. The first kappa shape index (κ1) is 69.9. The molecule has 1 fully saturated rings. The fourth-order valence-corrected chi connectivity index (χ4v) is 9.04. The zero-order chi connectivity index (χ0) is 54.3. The summed E-state index contributed by atoms with van der Waals surface area (Å²) >= 11 is 0. The number of allylic oxidation sites excluding steroid dienone is 17. The molecular weight excluding hydrogens is 935 g/mol. The van der Waals surface area contributed by atoms with E-state index in [0.717, 1.165) is 83.5 Å². The van der Waals surface area contributed by atoms with Gasteiger partial charge in [-0.3, -0.25) is 4.79 Å². The van der Waals surface area contributed by atoms with E-state index in [1.54, 1.807) is 6.08 Å². The largest absolute Gasteiger partial charge is 0.394 e. The summed E-state index contributed by atoms with van der Waals surface area (Å²) in [5.74, 6) is -0.189. The number of aliphatic hydroxyl groups excluding tert-OH is 5. The van der Waals surface area contributed by atoms with Crippen molar-refractivity contribution in [3.05, 3.63) is 109 Å². The first-order valence-electron chi connectivity index (χ1n) is 30.6. The van der Waals surface area contributed by atoms with Gasteiger partial charge in [0.1, 0.15) is 24.4 Å². The molecule has 430 valence electrons. The van der Waals surface area contributed by atoms with E-state index in [-0.39, 0.29) is 12.5 Å². The van der Waals surface area contributed by atoms with Crippen LogP contribution in [-0.2, 0) is 14.3 Å². The minimum atomic E-state index is -1.57. The van der Waals surface area contributed by atoms with Crippen molar-refractivity contribution in [2.24, 2.45) is 0 Å². The minimum absolute atomic E-state index is 0.189. The summed E-state index contributed by atoms with van der Waals surface area (Å²) in [4.78, 5) is 13.0. The number of carbonyl (C=O) groups excluding carboxylic acids is 1. The first-order valence-corrected chi connectivity index (χ1v) is 30.6. The van der Waals surface area contributed by atoms with Crippen LogP contribution in [0, 0.1) is 0 Å². The summed E-state index contributed by atoms with van der Waals surface area (Å²) in [6.07, 6.45) is 73.4. The van der Waals surface area contributed by atoms with Gasteiger partial charge < -0.3 is 40.3 Å². The van der Waals surface area contributed by atoms with Crippen LogP contribution in [0.3, 0.4) is 0 Å². The van der Waals surface area contributed by atoms with Crippen LogP contribution in [0.25, 0.3) is 0 Å². The average molecular weight is 1050 g/mol. The zero-order valence-electron chi connectivity index (χ0n) is 47.8. The molecule has 0 radical (unpaired) electrons. The van der Waals surface area contributed by atoms with E-state index in [1.165, 1.54) is 141 Å². The number of nitrogens with one attached hydrogen (secondary N) is 1. The van der Waals surface area contributed by atoms with Crippen LogP contribution in [0.15, 0.2) is 109 Å². The lowest BCUT2D eigenvalue weighted by Gasteiger charge is -2.40. The molecule has 1 aliphatic heterocycles. The van der Waals surface area contributed by atoms with Crippen LogP contribution in [0.5, 0.6) is 0 Å². The Hall–Kier alpha value is -3.15. The molecule has 1 aliphatic rings. The highest BCUT2D eigenvalue weighted by Crippen LogP contribution is 2.23. The fourth-order valence-electron chi connectivity index (χ4n) is 9.04. The van der Waals surface area contributed by atoms with E-state index in [1.807, 2.05) is 6.08 Å². The number of ether oxygens (including phenoxy) is 2. The normalized spacial score (nSPS) is 19.7. The predicted octanol–water partition coefficient (Wildman–Crippen LogP) is 15.7. The van der Waals surface area contributed by atoms with Crippen molar-refractivity contribution in [1.82, 2.24) is 5.32 Å². The predicted molar refractivity (Wildman–Crippen MR) is 317 cm³/mol. The van der Waals surface area contributed by atoms with Gasteiger partial charge in [-0.1, -0.05) is 258 Å². The van der Waals surface area contributed by atoms with Gasteiger partial charge in [-0.05, 0) is 89.9 Å². The molecule has 0 aromatic heterocycles. The standard InChI is InChI=1S/C66H113NO8/c1-3-5-7-9-11-13-15-16-17-18-19-20-21-22-23-24-25-26-27-28-29-30-31-32-33-34-35-36-37-38-39-40-41-42-43-44-46-48-50-52-54-56-62(70)67-59(58-74-66-65(73)64(72)63(71)61(57-68)75-66)60(69)55-53-51-49-47-45-14-12-10-8-6-4-2/h5,7,11,13,16-17,19-20,22-23,25-26,28-29,45,47,53,55,59-61,63-66,68-69,71-73H,3-4,6,8-10,12,14-15,18,21,24,27,30-44,46,48-52,54,56-58H2,1-2H3,(H,67,70)/b7-5-,13-11-,17-16-,20-19-,23-22-,26-25-,29-28-,47-45+,55-53+. The Morgan fingerprint density at radius 2 is 0.840 bits per heavy atom. The van der Waals surface area contributed by atoms with Gasteiger partial charge >= 0.3 is 0 Å². The van der Waals surface area contributed by atoms with Gasteiger partial charge in [0.15, 0.2) is 6.29 Å². The maximum Gasteiger partial charge on any atom is 0.220 e. The molecular formula is C66H113NO8. The molecule has 9 nitrogen and oxygen atoms in total. The number of rotatable bonds is 51. The molecule has 7 atom stereocenters. The molecule has 0 aromatic carbocycles. The molecule has 0 saturated carbocycles. The van der Waals surface area contributed by atoms with Crippen LogP contribution in [0.1, 0.15) is 245 Å². The van der Waals surface area contributed by atoms with Gasteiger partial charge in [0, 0.05) is 6.42 Å². The second kappa shape index (κ2) is 54.2. The van der Waals surface area contributed by atoms with Crippen LogP contribution >= 0.6 is 0 Å². The number of hydrogen-bond donors (Lipinski definition) is 6. The monoisotopic (exact) mass is 1050 g/mol. The molecule has 6 N–H and O–H groups in total. The molecule has 75 heavy (non-hydrogen) atoms. The van der Waals surface area contributed by atoms with Crippen LogP contribution in [-0.4, -0.2) is 87.5 Å². The topological polar surface area (TPSA) is 149 Å². The van der Waals surface area contributed by atoms with Crippen molar-refractivity contribution >= 4 is 5.91 Å². The fraction of sp³-hybridized carbons (Fsp3) is 0.712. The first-order chi connectivity index (χ1) is 36.8. The van der Waals surface area contributed by atoms with E-state index in [0.29, 0.717) is 6.42 Å². The molecule has 0 spiro atoms. The Morgan fingerprint density at radius 1 is 0.467 bits per heavy atom. The highest BCUT2D eigenvalue weighted by molar-refractivity contribution is 5.76. The highest BCUT2D eigenvalue weighted by Gasteiger charge is 2.44. The van der Waals surface area contributed by atoms with Crippen molar-refractivity contribution in [2.75, 3.05) is 13.2 Å². The Kier molecular flexibility index (Phi) is 50.5. The van der Waals surface area contributed by atoms with Crippen LogP contribution in [0.4, 0.5) is 0 Å². The molecule has 7 unspecified atom stereocenters. The summed E-state index contributed by atoms with van der Waals surface area (Å²) < 4.78 is 11.2. The Bertz CT molecular complexity index is 1540. The molecule has 0 bridgehead atoms. The number of amides is 1. The zero-order valence-corrected chi connectivity index (χ0v) is 47.8. The van der Waals surface area contributed by atoms with Crippen LogP contribution in [0.2, 0.25) is 0 Å². The summed E-state index contributed by atoms with van der Waals surface area (Å²) in [7, 11) is 0. The molecule has 1 rings (SSSR count). The summed E-state index contributed by atoms with van der Waals surface area (Å²) in [5.41, 5.74) is 0. The molecule has 1 saturated heterocycles. The average Bonchev–Trinajstić information content (AvgIpc) is 3.41. The number of aliphatic hydroxyl groups is 5. The van der Waals surface area contributed by atoms with Gasteiger partial charge in [-0.2, -0.15) is 0 Å². The van der Waals surface area contributed by atoms with Crippen molar-refractivity contribution in [1.29, 1.82) is 0 Å². The number of carbonyl (C=O) groups is 1. The highest BCUT2D eigenvalue weighted by atomic mass is 16.7. The van der Waals surface area contributed by atoms with E-state index in [4.69, 9.17) is 9.47 Å². The maximum atomic E-state index is 13.0. The Labute approximate surface area is 459 Å². The third-order valence-electron chi connectivity index (χ3n) is 13.8. The third-order valence-corrected chi connectivity index (χ3v) is 13.8. The van der Waals surface area contributed by atoms with Gasteiger partial charge in [-0.25, -0.2) is 0 Å². The molecule has 1 heterocycles. The lowest BCUT2D eigenvalue weighted by molar-refractivity contribution is -0.302. The second-order valence-corrected chi connectivity index (χ2v) is 20.8. The van der Waals surface area contributed by atoms with Gasteiger partial charge in [-0.15, -0.1) is 0 Å². The van der Waals surface area contributed by atoms with Crippen molar-refractivity contribution in [3.8, 4) is 0 Å². The van der Waals surface area contributed by atoms with Crippen LogP contribution < -0.4 is 5.32 Å². The number of unbranched alkanes of at least 4 members (excludes halogenated alkanes) is 25. The third kappa shape index (κ3) is 43.5. The molecule has 9 heteroatoms. The number of hydrogen-bond acceptors (Lipinski definition) is 8. The van der Waals surface area contributed by atoms with E-state index in [9.17, 15) is 30.3 Å². The molecule has 0 aliphatic carbocycles. The van der Waals surface area contributed by atoms with E-state index in [2.05, 4.69) is 116 Å². The summed E-state index contributed by atoms with van der Waals surface area (Å²) in [6, 6.07) is -0.824. The molecule has 0 aromatic rings. The van der Waals surface area contributed by atoms with Gasteiger partial charge in [0.25, 0.3) is 0 Å². The van der Waals surface area contributed by atoms with Crippen molar-refractivity contribution in [3.63, 3.8) is 0 Å². The molecule has 1 amide bonds. The van der Waals surface area contributed by atoms with Crippen molar-refractivity contribution < 1.29 is 39.8 Å². The van der Waals surface area contributed by atoms with E-state index >= 15 is 0 Å². The second-order valence-electron chi connectivity index (χ2n) is 20.8. The van der Waals surface area contributed by atoms with E-state index < -0.39 is 49.5 Å².